The van der Waals surface area contributed by atoms with Crippen LogP contribution >= 0.6 is 11.6 Å². The van der Waals surface area contributed by atoms with Gasteiger partial charge in [0, 0.05) is 17.4 Å². The van der Waals surface area contributed by atoms with Gasteiger partial charge < -0.3 is 19.1 Å². The Morgan fingerprint density at radius 2 is 2.09 bits per heavy atom. The van der Waals surface area contributed by atoms with Gasteiger partial charge in [0.25, 0.3) is 0 Å². The molecule has 2 aromatic rings. The summed E-state index contributed by atoms with van der Waals surface area (Å²) in [6.07, 6.45) is 2.18. The van der Waals surface area contributed by atoms with Gasteiger partial charge >= 0.3 is 0 Å². The predicted molar refractivity (Wildman–Crippen MR) is 77.2 cm³/mol. The second-order valence-corrected chi connectivity index (χ2v) is 5.95. The summed E-state index contributed by atoms with van der Waals surface area (Å²) in [5.41, 5.74) is 0.372. The van der Waals surface area contributed by atoms with Crippen molar-refractivity contribution < 1.29 is 19.0 Å². The number of nitrogens with zero attached hydrogens (tertiary/aromatic N) is 2. The van der Waals surface area contributed by atoms with Crippen LogP contribution in [0.1, 0.15) is 6.04 Å². The van der Waals surface area contributed by atoms with E-state index in [4.69, 9.17) is 21.1 Å². The van der Waals surface area contributed by atoms with Crippen molar-refractivity contribution >= 4 is 11.6 Å². The number of hydrogen-bond donors (Lipinski definition) is 1. The van der Waals surface area contributed by atoms with Crippen molar-refractivity contribution in [2.24, 2.45) is 0 Å². The highest BCUT2D eigenvalue weighted by molar-refractivity contribution is 6.30. The predicted octanol–water partition coefficient (Wildman–Crippen LogP) is 2.04. The number of hydrogen-bond acceptors (Lipinski definition) is 4. The molecule has 1 N–H and O–H groups in total. The van der Waals surface area contributed by atoms with Gasteiger partial charge in [0.1, 0.15) is 30.0 Å². The lowest BCUT2D eigenvalue weighted by molar-refractivity contribution is 0.0172. The Morgan fingerprint density at radius 3 is 2.91 bits per heavy atom. The molecule has 0 spiro atoms. The van der Waals surface area contributed by atoms with Gasteiger partial charge in [-0.3, -0.25) is 0 Å². The molecule has 4 atom stereocenters. The summed E-state index contributed by atoms with van der Waals surface area (Å²) < 4.78 is 27.3. The molecule has 2 aliphatic heterocycles. The lowest BCUT2D eigenvalue weighted by atomic mass is 10.1. The third kappa shape index (κ3) is 2.14. The maximum Gasteiger partial charge on any atom is 0.143 e. The summed E-state index contributed by atoms with van der Waals surface area (Å²) in [6.45, 7) is 0.649. The van der Waals surface area contributed by atoms with Crippen molar-refractivity contribution in [1.29, 1.82) is 0 Å². The van der Waals surface area contributed by atoms with Crippen LogP contribution in [0.2, 0.25) is 5.02 Å². The lowest BCUT2D eigenvalue weighted by Gasteiger charge is -2.19. The molecular formula is C15H14ClFN2O3. The van der Waals surface area contributed by atoms with Crippen molar-refractivity contribution in [3.63, 3.8) is 0 Å². The highest BCUT2D eigenvalue weighted by Gasteiger charge is 2.48. The van der Waals surface area contributed by atoms with Gasteiger partial charge in [-0.25, -0.2) is 9.37 Å². The topological polar surface area (TPSA) is 56.5 Å². The van der Waals surface area contributed by atoms with Crippen LogP contribution < -0.4 is 0 Å². The second-order valence-electron chi connectivity index (χ2n) is 5.51. The molecule has 1 aromatic heterocycles. The van der Waals surface area contributed by atoms with Gasteiger partial charge in [-0.15, -0.1) is 0 Å². The molecular weight excluding hydrogens is 311 g/mol. The SMILES string of the molecule is O[C@@H]1CO[C@H]2[C@@H]1OC[C@H]2n1ccnc1-c1ccc(Cl)cc1F. The maximum absolute atomic E-state index is 14.2. The van der Waals surface area contributed by atoms with E-state index in [9.17, 15) is 9.50 Å². The van der Waals surface area contributed by atoms with E-state index < -0.39 is 11.9 Å². The molecule has 3 heterocycles. The molecule has 0 saturated carbocycles. The van der Waals surface area contributed by atoms with Crippen LogP contribution in [0.5, 0.6) is 0 Å². The van der Waals surface area contributed by atoms with E-state index in [1.165, 1.54) is 6.07 Å². The van der Waals surface area contributed by atoms with E-state index in [1.807, 2.05) is 4.57 Å². The minimum Gasteiger partial charge on any atom is -0.388 e. The van der Waals surface area contributed by atoms with E-state index in [2.05, 4.69) is 4.98 Å². The van der Waals surface area contributed by atoms with Crippen LogP contribution in [0, 0.1) is 5.82 Å². The second kappa shape index (κ2) is 5.31. The molecule has 22 heavy (non-hydrogen) atoms. The van der Waals surface area contributed by atoms with Crippen molar-refractivity contribution in [3.8, 4) is 11.4 Å². The standard InChI is InChI=1S/C15H14ClFN2O3/c16-8-1-2-9(10(17)5-8)15-18-3-4-19(15)11-6-21-14-12(20)7-22-13(11)14/h1-5,11-14,20H,6-7H2/t11-,12-,13-,14-/m1/s1. The number of rotatable bonds is 2. The number of fused-ring (bicyclic) bond motifs is 1. The zero-order valence-electron chi connectivity index (χ0n) is 11.5. The van der Waals surface area contributed by atoms with Crippen molar-refractivity contribution in [1.82, 2.24) is 9.55 Å². The van der Waals surface area contributed by atoms with E-state index in [1.54, 1.807) is 24.5 Å². The van der Waals surface area contributed by atoms with Crippen LogP contribution in [-0.4, -0.2) is 46.2 Å². The number of halogens is 2. The van der Waals surface area contributed by atoms with E-state index in [-0.39, 0.29) is 24.9 Å². The average molecular weight is 325 g/mol. The molecule has 0 bridgehead atoms. The average Bonchev–Trinajstić information content (AvgIpc) is 3.17. The number of benzene rings is 1. The third-order valence-electron chi connectivity index (χ3n) is 4.20. The van der Waals surface area contributed by atoms with E-state index in [0.717, 1.165) is 0 Å². The summed E-state index contributed by atoms with van der Waals surface area (Å²) in [4.78, 5) is 4.26. The van der Waals surface area contributed by atoms with Crippen molar-refractivity contribution in [2.45, 2.75) is 24.4 Å². The Morgan fingerprint density at radius 1 is 1.27 bits per heavy atom. The van der Waals surface area contributed by atoms with Gasteiger partial charge in [0.05, 0.1) is 24.8 Å². The molecule has 0 amide bonds. The summed E-state index contributed by atoms with van der Waals surface area (Å²) in [6, 6.07) is 4.35. The lowest BCUT2D eigenvalue weighted by Crippen LogP contribution is -2.30. The highest BCUT2D eigenvalue weighted by atomic mass is 35.5. The molecule has 5 nitrogen and oxygen atoms in total. The number of aliphatic hydroxyl groups is 1. The van der Waals surface area contributed by atoms with Gasteiger partial charge in [-0.1, -0.05) is 11.6 Å². The van der Waals surface area contributed by atoms with Crippen LogP contribution in [-0.2, 0) is 9.47 Å². The first-order valence-corrected chi connectivity index (χ1v) is 7.42. The zero-order chi connectivity index (χ0) is 15.3. The largest absolute Gasteiger partial charge is 0.388 e. The Kier molecular flexibility index (Phi) is 3.41. The van der Waals surface area contributed by atoms with E-state index in [0.29, 0.717) is 23.0 Å². The van der Waals surface area contributed by atoms with Gasteiger partial charge in [-0.05, 0) is 18.2 Å². The molecule has 2 aliphatic rings. The zero-order valence-corrected chi connectivity index (χ0v) is 12.3. The Hall–Kier alpha value is -1.47. The van der Waals surface area contributed by atoms with Gasteiger partial charge in [0.2, 0.25) is 0 Å². The van der Waals surface area contributed by atoms with Crippen molar-refractivity contribution in [3.05, 3.63) is 41.4 Å². The summed E-state index contributed by atoms with van der Waals surface area (Å²) in [5.74, 6) is 0.0659. The molecule has 1 aromatic carbocycles. The van der Waals surface area contributed by atoms with Crippen molar-refractivity contribution in [2.75, 3.05) is 13.2 Å². The van der Waals surface area contributed by atoms with Crippen LogP contribution in [0.25, 0.3) is 11.4 Å². The molecule has 0 aliphatic carbocycles. The molecule has 2 saturated heterocycles. The number of imidazole rings is 1. The third-order valence-corrected chi connectivity index (χ3v) is 4.43. The Labute approximate surface area is 131 Å². The quantitative estimate of drug-likeness (QED) is 0.918. The minimum atomic E-state index is -0.616. The monoisotopic (exact) mass is 324 g/mol. The van der Waals surface area contributed by atoms with Gasteiger partial charge in [0.15, 0.2) is 0 Å². The number of aromatic nitrogens is 2. The fourth-order valence-corrected chi connectivity index (χ4v) is 3.32. The molecule has 0 radical (unpaired) electrons. The summed E-state index contributed by atoms with van der Waals surface area (Å²) in [7, 11) is 0. The molecule has 116 valence electrons. The molecule has 4 rings (SSSR count). The van der Waals surface area contributed by atoms with E-state index >= 15 is 0 Å². The highest BCUT2D eigenvalue weighted by Crippen LogP contribution is 2.36. The smallest absolute Gasteiger partial charge is 0.143 e. The maximum atomic E-state index is 14.2. The van der Waals surface area contributed by atoms with Crippen LogP contribution in [0.15, 0.2) is 30.6 Å². The Balaban J connectivity index is 1.72. The van der Waals surface area contributed by atoms with Crippen LogP contribution in [0.3, 0.4) is 0 Å². The molecule has 2 fully saturated rings. The fourth-order valence-electron chi connectivity index (χ4n) is 3.16. The Bertz CT molecular complexity index is 708. The first-order chi connectivity index (χ1) is 10.6. The fraction of sp³-hybridized carbons (Fsp3) is 0.400. The normalized spacial score (nSPS) is 30.7. The molecule has 7 heteroatoms. The first-order valence-electron chi connectivity index (χ1n) is 7.04. The first kappa shape index (κ1) is 14.1. The number of ether oxygens (including phenoxy) is 2. The summed E-state index contributed by atoms with van der Waals surface area (Å²) >= 11 is 5.80. The number of aliphatic hydroxyl groups excluding tert-OH is 1. The minimum absolute atomic E-state index is 0.144. The summed E-state index contributed by atoms with van der Waals surface area (Å²) in [5, 5.41) is 10.2. The van der Waals surface area contributed by atoms with Gasteiger partial charge in [-0.2, -0.15) is 0 Å². The van der Waals surface area contributed by atoms with Crippen LogP contribution in [0.4, 0.5) is 4.39 Å². The molecule has 0 unspecified atom stereocenters.